The average Bonchev–Trinajstić information content (AvgIpc) is 2.47. The van der Waals surface area contributed by atoms with Crippen LogP contribution in [0.1, 0.15) is 17.5 Å². The molecule has 1 fully saturated rings. The fourth-order valence-corrected chi connectivity index (χ4v) is 3.83. The molecule has 0 bridgehead atoms. The minimum Gasteiger partial charge on any atom is -0.480 e. The topological polar surface area (TPSA) is 52.6 Å². The minimum atomic E-state index is -0.719. The molecule has 2 aliphatic rings. The van der Waals surface area contributed by atoms with Gasteiger partial charge in [0.2, 0.25) is 0 Å². The van der Waals surface area contributed by atoms with Crippen LogP contribution >= 0.6 is 15.9 Å². The standard InChI is InChI=1S/C15H19BrN2O2/c16-13-2-1-12-10-15(14(19)20,4-3-11(12)9-13)18-7-5-17-6-8-18/h1-2,9,17H,3-8,10H2,(H,19,20). The second-order valence-corrected chi connectivity index (χ2v) is 6.58. The molecule has 1 aliphatic heterocycles. The number of carbonyl (C=O) groups is 1. The Hall–Kier alpha value is -0.910. The van der Waals surface area contributed by atoms with E-state index in [1.54, 1.807) is 0 Å². The maximum absolute atomic E-state index is 12.0. The second-order valence-electron chi connectivity index (χ2n) is 5.66. The summed E-state index contributed by atoms with van der Waals surface area (Å²) in [5.41, 5.74) is 1.75. The normalized spacial score (nSPS) is 27.1. The lowest BCUT2D eigenvalue weighted by atomic mass is 9.76. The van der Waals surface area contributed by atoms with Crippen molar-refractivity contribution in [3.8, 4) is 0 Å². The number of piperazine rings is 1. The van der Waals surface area contributed by atoms with Gasteiger partial charge in [-0.05, 0) is 36.1 Å². The molecule has 0 aromatic heterocycles. The third-order valence-electron chi connectivity index (χ3n) is 4.58. The van der Waals surface area contributed by atoms with E-state index in [0.717, 1.165) is 37.1 Å². The quantitative estimate of drug-likeness (QED) is 0.861. The number of carboxylic acid groups (broad SMARTS) is 1. The Kier molecular flexibility index (Phi) is 3.84. The molecule has 0 spiro atoms. The zero-order valence-corrected chi connectivity index (χ0v) is 12.9. The fraction of sp³-hybridized carbons (Fsp3) is 0.533. The third-order valence-corrected chi connectivity index (χ3v) is 5.07. The Labute approximate surface area is 127 Å². The number of halogens is 1. The Morgan fingerprint density at radius 2 is 2.05 bits per heavy atom. The Morgan fingerprint density at radius 1 is 1.30 bits per heavy atom. The summed E-state index contributed by atoms with van der Waals surface area (Å²) in [4.78, 5) is 14.1. The summed E-state index contributed by atoms with van der Waals surface area (Å²) in [7, 11) is 0. The van der Waals surface area contributed by atoms with Gasteiger partial charge in [-0.3, -0.25) is 9.69 Å². The lowest BCUT2D eigenvalue weighted by Gasteiger charge is -2.45. The SMILES string of the molecule is O=C(O)C1(N2CCNCC2)CCc2cc(Br)ccc2C1. The van der Waals surface area contributed by atoms with Gasteiger partial charge in [0.05, 0.1) is 0 Å². The molecule has 108 valence electrons. The lowest BCUT2D eigenvalue weighted by Crippen LogP contribution is -2.62. The predicted molar refractivity (Wildman–Crippen MR) is 81.0 cm³/mol. The van der Waals surface area contributed by atoms with Crippen molar-refractivity contribution in [2.75, 3.05) is 26.2 Å². The van der Waals surface area contributed by atoms with Crippen molar-refractivity contribution in [3.05, 3.63) is 33.8 Å². The van der Waals surface area contributed by atoms with Gasteiger partial charge >= 0.3 is 5.97 Å². The first-order valence-electron chi connectivity index (χ1n) is 7.08. The molecule has 2 N–H and O–H groups in total. The Balaban J connectivity index is 1.93. The van der Waals surface area contributed by atoms with Gasteiger partial charge in [-0.2, -0.15) is 0 Å². The summed E-state index contributed by atoms with van der Waals surface area (Å²) < 4.78 is 1.07. The van der Waals surface area contributed by atoms with Crippen molar-refractivity contribution in [2.24, 2.45) is 0 Å². The van der Waals surface area contributed by atoms with Gasteiger partial charge in [0, 0.05) is 37.1 Å². The largest absolute Gasteiger partial charge is 0.480 e. The van der Waals surface area contributed by atoms with Crippen molar-refractivity contribution in [1.29, 1.82) is 0 Å². The highest BCUT2D eigenvalue weighted by atomic mass is 79.9. The van der Waals surface area contributed by atoms with Crippen molar-refractivity contribution < 1.29 is 9.90 Å². The number of aryl methyl sites for hydroxylation is 1. The van der Waals surface area contributed by atoms with E-state index in [9.17, 15) is 9.90 Å². The number of nitrogens with one attached hydrogen (secondary N) is 1. The highest BCUT2D eigenvalue weighted by Crippen LogP contribution is 2.35. The van der Waals surface area contributed by atoms with Gasteiger partial charge in [0.1, 0.15) is 5.54 Å². The summed E-state index contributed by atoms with van der Waals surface area (Å²) >= 11 is 3.49. The predicted octanol–water partition coefficient (Wildman–Crippen LogP) is 1.67. The third kappa shape index (κ3) is 2.38. The van der Waals surface area contributed by atoms with Crippen LogP contribution in [-0.2, 0) is 17.6 Å². The van der Waals surface area contributed by atoms with Crippen LogP contribution < -0.4 is 5.32 Å². The van der Waals surface area contributed by atoms with Gasteiger partial charge < -0.3 is 10.4 Å². The number of hydrogen-bond donors (Lipinski definition) is 2. The monoisotopic (exact) mass is 338 g/mol. The number of rotatable bonds is 2. The van der Waals surface area contributed by atoms with Crippen LogP contribution in [0.3, 0.4) is 0 Å². The van der Waals surface area contributed by atoms with Crippen LogP contribution in [0.5, 0.6) is 0 Å². The highest BCUT2D eigenvalue weighted by molar-refractivity contribution is 9.10. The molecule has 3 rings (SSSR count). The minimum absolute atomic E-state index is 0.616. The highest BCUT2D eigenvalue weighted by Gasteiger charge is 2.46. The van der Waals surface area contributed by atoms with E-state index in [1.165, 1.54) is 11.1 Å². The van der Waals surface area contributed by atoms with Gasteiger partial charge in [0.25, 0.3) is 0 Å². The molecule has 5 heteroatoms. The zero-order valence-electron chi connectivity index (χ0n) is 11.4. The maximum Gasteiger partial charge on any atom is 0.324 e. The first kappa shape index (κ1) is 14.0. The summed E-state index contributed by atoms with van der Waals surface area (Å²) in [6.07, 6.45) is 2.15. The van der Waals surface area contributed by atoms with Crippen LogP contribution in [0, 0.1) is 0 Å². The molecule has 20 heavy (non-hydrogen) atoms. The number of nitrogens with zero attached hydrogens (tertiary/aromatic N) is 1. The van der Waals surface area contributed by atoms with Crippen molar-refractivity contribution in [2.45, 2.75) is 24.8 Å². The average molecular weight is 339 g/mol. The van der Waals surface area contributed by atoms with Crippen molar-refractivity contribution in [3.63, 3.8) is 0 Å². The summed E-state index contributed by atoms with van der Waals surface area (Å²) in [6, 6.07) is 6.20. The summed E-state index contributed by atoms with van der Waals surface area (Å²) in [5, 5.41) is 13.1. The molecule has 1 heterocycles. The zero-order chi connectivity index (χ0) is 14.2. The second kappa shape index (κ2) is 5.47. The van der Waals surface area contributed by atoms with Gasteiger partial charge in [-0.1, -0.05) is 22.0 Å². The van der Waals surface area contributed by atoms with Crippen LogP contribution in [0.4, 0.5) is 0 Å². The van der Waals surface area contributed by atoms with Crippen LogP contribution in [0.15, 0.2) is 22.7 Å². The van der Waals surface area contributed by atoms with E-state index in [1.807, 2.05) is 6.07 Å². The molecule has 1 aromatic carbocycles. The summed E-state index contributed by atoms with van der Waals surface area (Å²) in [5.74, 6) is -0.673. The van der Waals surface area contributed by atoms with Gasteiger partial charge in [0.15, 0.2) is 0 Å². The molecular weight excluding hydrogens is 320 g/mol. The van der Waals surface area contributed by atoms with E-state index >= 15 is 0 Å². The molecule has 1 aromatic rings. The molecule has 0 saturated carbocycles. The molecule has 1 atom stereocenters. The Morgan fingerprint density at radius 3 is 2.75 bits per heavy atom. The molecular formula is C15H19BrN2O2. The Bertz CT molecular complexity index is 529. The number of carboxylic acids is 1. The summed E-state index contributed by atoms with van der Waals surface area (Å²) in [6.45, 7) is 3.39. The van der Waals surface area contributed by atoms with E-state index < -0.39 is 11.5 Å². The van der Waals surface area contributed by atoms with Crippen LogP contribution in [0.25, 0.3) is 0 Å². The fourth-order valence-electron chi connectivity index (χ4n) is 3.43. The molecule has 1 saturated heterocycles. The number of aliphatic carboxylic acids is 1. The number of fused-ring (bicyclic) bond motifs is 1. The maximum atomic E-state index is 12.0. The van der Waals surface area contributed by atoms with Crippen molar-refractivity contribution >= 4 is 21.9 Å². The lowest BCUT2D eigenvalue weighted by molar-refractivity contribution is -0.153. The van der Waals surface area contributed by atoms with E-state index in [-0.39, 0.29) is 0 Å². The van der Waals surface area contributed by atoms with Crippen molar-refractivity contribution in [1.82, 2.24) is 10.2 Å². The van der Waals surface area contributed by atoms with E-state index in [4.69, 9.17) is 0 Å². The van der Waals surface area contributed by atoms with Gasteiger partial charge in [-0.25, -0.2) is 0 Å². The molecule has 0 amide bonds. The van der Waals surface area contributed by atoms with Crippen LogP contribution in [0.2, 0.25) is 0 Å². The first-order valence-corrected chi connectivity index (χ1v) is 7.88. The van der Waals surface area contributed by atoms with Crippen LogP contribution in [-0.4, -0.2) is 47.7 Å². The number of benzene rings is 1. The first-order chi connectivity index (χ1) is 9.62. The molecule has 1 unspecified atom stereocenters. The van der Waals surface area contributed by atoms with Gasteiger partial charge in [-0.15, -0.1) is 0 Å². The molecule has 1 aliphatic carbocycles. The van der Waals surface area contributed by atoms with E-state index in [2.05, 4.69) is 38.3 Å². The molecule has 4 nitrogen and oxygen atoms in total. The number of hydrogen-bond acceptors (Lipinski definition) is 3. The molecule has 0 radical (unpaired) electrons. The smallest absolute Gasteiger partial charge is 0.324 e. The van der Waals surface area contributed by atoms with E-state index in [0.29, 0.717) is 12.8 Å².